The molecule has 1 aromatic heterocycles. The molecule has 0 atom stereocenters. The van der Waals surface area contributed by atoms with Gasteiger partial charge in [-0.25, -0.2) is 4.79 Å². The Morgan fingerprint density at radius 2 is 1.77 bits per heavy atom. The van der Waals surface area contributed by atoms with Crippen LogP contribution in [0.2, 0.25) is 5.02 Å². The number of anilines is 1. The van der Waals surface area contributed by atoms with E-state index in [9.17, 15) is 28.1 Å². The molecule has 0 saturated heterocycles. The number of aromatic nitrogens is 3. The normalized spacial score (nSPS) is 22.5. The molecule has 2 N–H and O–H groups in total. The average Bonchev–Trinajstić information content (AvgIpc) is 3.31. The second kappa shape index (κ2) is 9.82. The molecule has 0 radical (unpaired) electrons. The molecule has 0 spiro atoms. The van der Waals surface area contributed by atoms with Gasteiger partial charge in [-0.3, -0.25) is 10.1 Å². The van der Waals surface area contributed by atoms with Crippen molar-refractivity contribution in [3.63, 3.8) is 0 Å². The van der Waals surface area contributed by atoms with E-state index in [-0.39, 0.29) is 38.6 Å². The van der Waals surface area contributed by atoms with Crippen LogP contribution in [0.1, 0.15) is 49.9 Å². The SMILES string of the molecule is Cn1c(-c2ccccc2C(F)(F)F)nnc1C12CCC(CNC(=O)Nc3ccc(Cl)c([N+](=O)[O-])c3)(CC1)CC2. The number of nitrogens with zero attached hydrogens (tertiary/aromatic N) is 4. The maximum absolute atomic E-state index is 13.6. The Hall–Kier alpha value is -3.67. The van der Waals surface area contributed by atoms with Gasteiger partial charge in [0.25, 0.3) is 5.69 Å². The first-order valence-corrected chi connectivity index (χ1v) is 12.9. The lowest BCUT2D eigenvalue weighted by Gasteiger charge is -2.52. The van der Waals surface area contributed by atoms with Crippen molar-refractivity contribution < 1.29 is 22.9 Å². The Balaban J connectivity index is 1.25. The first kappa shape index (κ1) is 26.9. The van der Waals surface area contributed by atoms with Crippen molar-refractivity contribution in [1.82, 2.24) is 20.1 Å². The summed E-state index contributed by atoms with van der Waals surface area (Å²) in [6.07, 6.45) is 0.312. The van der Waals surface area contributed by atoms with Crippen molar-refractivity contribution in [1.29, 1.82) is 0 Å². The number of nitro groups is 1. The van der Waals surface area contributed by atoms with Crippen molar-refractivity contribution >= 4 is 29.0 Å². The average molecular weight is 563 g/mol. The van der Waals surface area contributed by atoms with Gasteiger partial charge in [0.05, 0.1) is 10.5 Å². The topological polar surface area (TPSA) is 115 Å². The number of rotatable bonds is 6. The molecule has 2 amide bonds. The van der Waals surface area contributed by atoms with Crippen LogP contribution < -0.4 is 10.6 Å². The van der Waals surface area contributed by atoms with Gasteiger partial charge < -0.3 is 15.2 Å². The zero-order valence-electron chi connectivity index (χ0n) is 21.0. The lowest BCUT2D eigenvalue weighted by atomic mass is 9.53. The standard InChI is InChI=1S/C26H26ClF3N6O3/c1-35-21(17-4-2-3-5-18(17)26(28,29)30)33-34-22(35)25-11-8-24(9-12-25,10-13-25)15-31-23(37)32-16-6-7-19(27)20(14-16)36(38)39/h2-7,14H,8-13,15H2,1H3,(H2,31,32,37). The fraction of sp³-hybridized carbons (Fsp3) is 0.423. The van der Waals surface area contributed by atoms with Crippen molar-refractivity contribution in [2.45, 2.75) is 50.1 Å². The quantitative estimate of drug-likeness (QED) is 0.264. The molecule has 1 heterocycles. The second-order valence-corrected chi connectivity index (χ2v) is 10.9. The molecule has 3 saturated carbocycles. The summed E-state index contributed by atoms with van der Waals surface area (Å²) in [6.45, 7) is 0.438. The van der Waals surface area contributed by atoms with Crippen molar-refractivity contribution in [3.8, 4) is 11.4 Å². The van der Waals surface area contributed by atoms with E-state index in [1.807, 2.05) is 0 Å². The van der Waals surface area contributed by atoms with Gasteiger partial charge in [-0.1, -0.05) is 29.8 Å². The van der Waals surface area contributed by atoms with Gasteiger partial charge >= 0.3 is 12.2 Å². The van der Waals surface area contributed by atoms with E-state index in [2.05, 4.69) is 20.8 Å². The molecular weight excluding hydrogens is 537 g/mol. The van der Waals surface area contributed by atoms with Gasteiger partial charge in [0.2, 0.25) is 0 Å². The van der Waals surface area contributed by atoms with Crippen LogP contribution in [0.3, 0.4) is 0 Å². The number of amides is 2. The Kier molecular flexibility index (Phi) is 6.78. The first-order chi connectivity index (χ1) is 18.4. The lowest BCUT2D eigenvalue weighted by Crippen LogP contribution is -2.50. The maximum Gasteiger partial charge on any atom is 0.417 e. The molecule has 2 aromatic carbocycles. The summed E-state index contributed by atoms with van der Waals surface area (Å²) in [5.74, 6) is 0.883. The van der Waals surface area contributed by atoms with Gasteiger partial charge in [-0.2, -0.15) is 13.2 Å². The summed E-state index contributed by atoms with van der Waals surface area (Å²) in [5, 5.41) is 25.2. The number of carbonyl (C=O) groups is 1. The number of alkyl halides is 3. The summed E-state index contributed by atoms with van der Waals surface area (Å²) >= 11 is 5.83. The van der Waals surface area contributed by atoms with Crippen LogP contribution in [0.25, 0.3) is 11.4 Å². The van der Waals surface area contributed by atoms with E-state index in [0.717, 1.165) is 44.6 Å². The first-order valence-electron chi connectivity index (χ1n) is 12.5. The molecule has 206 valence electrons. The summed E-state index contributed by atoms with van der Waals surface area (Å²) in [5.41, 5.74) is -1.15. The predicted octanol–water partition coefficient (Wildman–Crippen LogP) is 6.48. The molecular formula is C26H26ClF3N6O3. The summed E-state index contributed by atoms with van der Waals surface area (Å²) < 4.78 is 42.5. The third-order valence-electron chi connectivity index (χ3n) is 8.25. The van der Waals surface area contributed by atoms with Gasteiger partial charge in [0.15, 0.2) is 5.82 Å². The number of hydrogen-bond acceptors (Lipinski definition) is 5. The molecule has 0 unspecified atom stereocenters. The van der Waals surface area contributed by atoms with Crippen molar-refractivity contribution in [3.05, 3.63) is 69.0 Å². The Morgan fingerprint density at radius 3 is 2.41 bits per heavy atom. The van der Waals surface area contributed by atoms with Crippen molar-refractivity contribution in [2.24, 2.45) is 12.5 Å². The minimum atomic E-state index is -4.50. The number of urea groups is 1. The number of hydrogen-bond donors (Lipinski definition) is 2. The molecule has 3 aliphatic carbocycles. The second-order valence-electron chi connectivity index (χ2n) is 10.5. The Labute approximate surface area is 226 Å². The molecule has 6 rings (SSSR count). The number of nitrogens with one attached hydrogen (secondary N) is 2. The number of benzene rings is 2. The Morgan fingerprint density at radius 1 is 1.10 bits per heavy atom. The third kappa shape index (κ3) is 5.05. The van der Waals surface area contributed by atoms with Gasteiger partial charge in [-0.15, -0.1) is 10.2 Å². The third-order valence-corrected chi connectivity index (χ3v) is 8.57. The molecule has 9 nitrogen and oxygen atoms in total. The van der Waals surface area contributed by atoms with Gasteiger partial charge in [-0.05, 0) is 62.1 Å². The highest BCUT2D eigenvalue weighted by atomic mass is 35.5. The predicted molar refractivity (Wildman–Crippen MR) is 138 cm³/mol. The summed E-state index contributed by atoms with van der Waals surface area (Å²) in [4.78, 5) is 23.0. The largest absolute Gasteiger partial charge is 0.417 e. The van der Waals surface area contributed by atoms with E-state index < -0.39 is 22.7 Å². The van der Waals surface area contributed by atoms with Crippen LogP contribution in [-0.4, -0.2) is 32.3 Å². The molecule has 13 heteroatoms. The highest BCUT2D eigenvalue weighted by Crippen LogP contribution is 2.57. The maximum atomic E-state index is 13.6. The molecule has 0 aliphatic heterocycles. The fourth-order valence-electron chi connectivity index (χ4n) is 5.99. The summed E-state index contributed by atoms with van der Waals surface area (Å²) in [7, 11) is 1.72. The lowest BCUT2D eigenvalue weighted by molar-refractivity contribution is -0.384. The number of carbonyl (C=O) groups excluding carboxylic acids is 1. The van der Waals surface area contributed by atoms with E-state index >= 15 is 0 Å². The van der Waals surface area contributed by atoms with Crippen LogP contribution in [0.15, 0.2) is 42.5 Å². The van der Waals surface area contributed by atoms with E-state index in [1.165, 1.54) is 30.3 Å². The van der Waals surface area contributed by atoms with Crippen LogP contribution in [0.4, 0.5) is 29.3 Å². The number of fused-ring (bicyclic) bond motifs is 3. The molecule has 3 fully saturated rings. The van der Waals surface area contributed by atoms with E-state index in [4.69, 9.17) is 11.6 Å². The zero-order chi connectivity index (χ0) is 28.0. The Bertz CT molecular complexity index is 1420. The molecule has 2 bridgehead atoms. The smallest absolute Gasteiger partial charge is 0.337 e. The highest BCUT2D eigenvalue weighted by molar-refractivity contribution is 6.32. The van der Waals surface area contributed by atoms with E-state index in [0.29, 0.717) is 12.4 Å². The monoisotopic (exact) mass is 562 g/mol. The van der Waals surface area contributed by atoms with Crippen LogP contribution in [0, 0.1) is 15.5 Å². The molecule has 3 aliphatic rings. The fourth-order valence-corrected chi connectivity index (χ4v) is 6.17. The van der Waals surface area contributed by atoms with Crippen LogP contribution >= 0.6 is 11.6 Å². The van der Waals surface area contributed by atoms with Crippen LogP contribution in [-0.2, 0) is 18.6 Å². The summed E-state index contributed by atoms with van der Waals surface area (Å²) in [6, 6.07) is 8.97. The van der Waals surface area contributed by atoms with Crippen LogP contribution in [0.5, 0.6) is 0 Å². The molecule has 39 heavy (non-hydrogen) atoms. The van der Waals surface area contributed by atoms with E-state index in [1.54, 1.807) is 17.7 Å². The van der Waals surface area contributed by atoms with Crippen molar-refractivity contribution in [2.75, 3.05) is 11.9 Å². The highest BCUT2D eigenvalue weighted by Gasteiger charge is 2.51. The molecule has 3 aromatic rings. The zero-order valence-corrected chi connectivity index (χ0v) is 21.8. The van der Waals surface area contributed by atoms with Gasteiger partial charge in [0, 0.05) is 36.3 Å². The number of nitro benzene ring substituents is 1. The minimum Gasteiger partial charge on any atom is -0.337 e. The number of halogens is 4. The minimum absolute atomic E-state index is 0.00449. The van der Waals surface area contributed by atoms with Gasteiger partial charge in [0.1, 0.15) is 10.8 Å².